The van der Waals surface area contributed by atoms with Gasteiger partial charge < -0.3 is 5.32 Å². The van der Waals surface area contributed by atoms with Crippen molar-refractivity contribution in [3.05, 3.63) is 59.7 Å². The number of benzene rings is 2. The molecule has 0 spiro atoms. The van der Waals surface area contributed by atoms with Gasteiger partial charge in [0.25, 0.3) is 0 Å². The second-order valence-electron chi connectivity index (χ2n) is 5.64. The summed E-state index contributed by atoms with van der Waals surface area (Å²) in [5.74, 6) is 0.187. The third-order valence-corrected chi connectivity index (χ3v) is 6.06. The first-order chi connectivity index (χ1) is 12.3. The summed E-state index contributed by atoms with van der Waals surface area (Å²) >= 11 is 2.52. The minimum absolute atomic E-state index is 0.179. The lowest BCUT2D eigenvalue weighted by molar-refractivity contribution is -0.137. The number of hydrogen-bond acceptors (Lipinski definition) is 4. The molecule has 2 aromatic carbocycles. The number of rotatable bonds is 4. The summed E-state index contributed by atoms with van der Waals surface area (Å²) in [7, 11) is 0. The summed E-state index contributed by atoms with van der Waals surface area (Å²) in [5.41, 5.74) is 1.09. The van der Waals surface area contributed by atoms with Crippen LogP contribution >= 0.6 is 23.5 Å². The fraction of sp³-hybridized carbons (Fsp3) is 0.222. The summed E-state index contributed by atoms with van der Waals surface area (Å²) < 4.78 is 38.3. The third kappa shape index (κ3) is 4.62. The van der Waals surface area contributed by atoms with Gasteiger partial charge in [-0.2, -0.15) is 13.2 Å². The Morgan fingerprint density at radius 2 is 1.96 bits per heavy atom. The number of hydrogen-bond donors (Lipinski definition) is 1. The Morgan fingerprint density at radius 3 is 2.69 bits per heavy atom. The zero-order chi connectivity index (χ0) is 18.7. The van der Waals surface area contributed by atoms with E-state index >= 15 is 0 Å². The van der Waals surface area contributed by atoms with Crippen molar-refractivity contribution >= 4 is 40.3 Å². The monoisotopic (exact) mass is 396 g/mol. The van der Waals surface area contributed by atoms with Crippen LogP contribution in [-0.2, 0) is 11.0 Å². The number of alkyl halides is 3. The van der Waals surface area contributed by atoms with Crippen LogP contribution in [0.15, 0.2) is 58.4 Å². The molecule has 0 saturated carbocycles. The van der Waals surface area contributed by atoms with Gasteiger partial charge in [0.2, 0.25) is 5.91 Å². The van der Waals surface area contributed by atoms with Gasteiger partial charge in [0, 0.05) is 10.6 Å². The average molecular weight is 396 g/mol. The van der Waals surface area contributed by atoms with E-state index in [2.05, 4.69) is 10.3 Å². The van der Waals surface area contributed by atoms with Gasteiger partial charge in [-0.3, -0.25) is 4.79 Å². The first-order valence-electron chi connectivity index (χ1n) is 7.75. The van der Waals surface area contributed by atoms with Gasteiger partial charge in [-0.15, -0.1) is 11.8 Å². The van der Waals surface area contributed by atoms with Gasteiger partial charge in [0.1, 0.15) is 5.25 Å². The predicted molar refractivity (Wildman–Crippen MR) is 100.0 cm³/mol. The van der Waals surface area contributed by atoms with Crippen LogP contribution in [0, 0.1) is 6.92 Å². The molecule has 1 atom stereocenters. The average Bonchev–Trinajstić information content (AvgIpc) is 2.94. The summed E-state index contributed by atoms with van der Waals surface area (Å²) in [6.07, 6.45) is -4.37. The second-order valence-corrected chi connectivity index (χ2v) is 7.92. The van der Waals surface area contributed by atoms with Crippen LogP contribution in [0.2, 0.25) is 0 Å². The number of thioether (sulfide) groups is 2. The standard InChI is InChI=1S/C18H15F3N2OS2/c1-11-5-2-3-8-14(11)22-17-23-16(24)15(26-17)10-25-13-7-4-6-12(9-13)18(19,20)21/h2-9,15H,10H2,1H3,(H,22,23,24). The molecule has 1 aliphatic heterocycles. The number of para-hydroxylation sites is 1. The fourth-order valence-electron chi connectivity index (χ4n) is 2.30. The molecule has 26 heavy (non-hydrogen) atoms. The van der Waals surface area contributed by atoms with Crippen molar-refractivity contribution in [3.8, 4) is 0 Å². The van der Waals surface area contributed by atoms with Crippen LogP contribution in [-0.4, -0.2) is 22.1 Å². The van der Waals surface area contributed by atoms with Crippen molar-refractivity contribution in [2.75, 3.05) is 5.75 Å². The number of amidine groups is 1. The van der Waals surface area contributed by atoms with Crippen LogP contribution in [0.1, 0.15) is 11.1 Å². The smallest absolute Gasteiger partial charge is 0.304 e. The lowest BCUT2D eigenvalue weighted by Gasteiger charge is -2.09. The number of carbonyl (C=O) groups excluding carboxylic acids is 1. The highest BCUT2D eigenvalue weighted by Gasteiger charge is 2.32. The number of nitrogens with one attached hydrogen (secondary N) is 1. The van der Waals surface area contributed by atoms with Crippen LogP contribution in [0.3, 0.4) is 0 Å². The fourth-order valence-corrected chi connectivity index (χ4v) is 4.40. The van der Waals surface area contributed by atoms with Crippen molar-refractivity contribution in [2.24, 2.45) is 4.99 Å². The van der Waals surface area contributed by atoms with E-state index in [1.54, 1.807) is 6.07 Å². The number of halogens is 3. The van der Waals surface area contributed by atoms with Gasteiger partial charge >= 0.3 is 6.18 Å². The van der Waals surface area contributed by atoms with Crippen LogP contribution in [0.5, 0.6) is 0 Å². The van der Waals surface area contributed by atoms with E-state index < -0.39 is 17.0 Å². The molecular weight excluding hydrogens is 381 g/mol. The maximum atomic E-state index is 12.8. The van der Waals surface area contributed by atoms with Crippen molar-refractivity contribution in [2.45, 2.75) is 23.2 Å². The molecule has 8 heteroatoms. The second kappa shape index (κ2) is 7.75. The van der Waals surface area contributed by atoms with Gasteiger partial charge in [-0.25, -0.2) is 4.99 Å². The molecule has 0 bridgehead atoms. The van der Waals surface area contributed by atoms with Gasteiger partial charge in [-0.1, -0.05) is 36.0 Å². The zero-order valence-electron chi connectivity index (χ0n) is 13.7. The highest BCUT2D eigenvalue weighted by molar-refractivity contribution is 8.16. The van der Waals surface area contributed by atoms with Crippen LogP contribution in [0.4, 0.5) is 18.9 Å². The Bertz CT molecular complexity index is 852. The maximum Gasteiger partial charge on any atom is 0.416 e. The van der Waals surface area contributed by atoms with E-state index in [9.17, 15) is 18.0 Å². The molecule has 0 radical (unpaired) electrons. The van der Waals surface area contributed by atoms with Crippen molar-refractivity contribution in [3.63, 3.8) is 0 Å². The van der Waals surface area contributed by atoms with Crippen molar-refractivity contribution in [1.29, 1.82) is 0 Å². The van der Waals surface area contributed by atoms with Gasteiger partial charge in [-0.05, 0) is 36.8 Å². The lowest BCUT2D eigenvalue weighted by atomic mass is 10.2. The molecule has 1 aliphatic rings. The summed E-state index contributed by atoms with van der Waals surface area (Å²) in [6, 6.07) is 12.7. The third-order valence-electron chi connectivity index (χ3n) is 3.68. The van der Waals surface area contributed by atoms with E-state index in [0.717, 1.165) is 23.4 Å². The molecule has 1 fully saturated rings. The highest BCUT2D eigenvalue weighted by Crippen LogP contribution is 2.33. The van der Waals surface area contributed by atoms with E-state index in [1.165, 1.54) is 29.6 Å². The molecule has 136 valence electrons. The molecule has 0 aromatic heterocycles. The first kappa shape index (κ1) is 18.8. The molecule has 1 amide bonds. The maximum absolute atomic E-state index is 12.8. The lowest BCUT2D eigenvalue weighted by Crippen LogP contribution is -2.26. The Hall–Kier alpha value is -1.93. The Kier molecular flexibility index (Phi) is 5.62. The molecule has 1 saturated heterocycles. The summed E-state index contributed by atoms with van der Waals surface area (Å²) in [4.78, 5) is 17.0. The largest absolute Gasteiger partial charge is 0.416 e. The molecular formula is C18H15F3N2OS2. The summed E-state index contributed by atoms with van der Waals surface area (Å²) in [6.45, 7) is 1.93. The number of carbonyl (C=O) groups is 1. The van der Waals surface area contributed by atoms with Crippen LogP contribution in [0.25, 0.3) is 0 Å². The number of aliphatic imine (C=N–C) groups is 1. The molecule has 1 heterocycles. The Labute approximate surface area is 157 Å². The van der Waals surface area contributed by atoms with E-state index in [-0.39, 0.29) is 5.91 Å². The molecule has 1 unspecified atom stereocenters. The zero-order valence-corrected chi connectivity index (χ0v) is 15.3. The topological polar surface area (TPSA) is 41.5 Å². The van der Waals surface area contributed by atoms with E-state index in [0.29, 0.717) is 15.8 Å². The van der Waals surface area contributed by atoms with Gasteiger partial charge in [0.05, 0.1) is 11.3 Å². The Balaban J connectivity index is 1.65. The SMILES string of the molecule is Cc1ccccc1N=C1NC(=O)C(CSc2cccc(C(F)(F)F)c2)S1. The number of nitrogens with zero attached hydrogens (tertiary/aromatic N) is 1. The first-order valence-corrected chi connectivity index (χ1v) is 9.61. The quantitative estimate of drug-likeness (QED) is 0.738. The minimum atomic E-state index is -4.37. The van der Waals surface area contributed by atoms with Crippen molar-refractivity contribution in [1.82, 2.24) is 5.32 Å². The Morgan fingerprint density at radius 1 is 1.19 bits per heavy atom. The molecule has 2 aromatic rings. The minimum Gasteiger partial charge on any atom is -0.304 e. The molecule has 3 rings (SSSR count). The molecule has 0 aliphatic carbocycles. The highest BCUT2D eigenvalue weighted by atomic mass is 32.2. The van der Waals surface area contributed by atoms with Crippen molar-refractivity contribution < 1.29 is 18.0 Å². The number of amides is 1. The van der Waals surface area contributed by atoms with E-state index in [4.69, 9.17) is 0 Å². The predicted octanol–water partition coefficient (Wildman–Crippen LogP) is 5.03. The number of aryl methyl sites for hydroxylation is 1. The van der Waals surface area contributed by atoms with E-state index in [1.807, 2.05) is 31.2 Å². The summed E-state index contributed by atoms with van der Waals surface area (Å²) in [5, 5.41) is 2.85. The molecule has 3 nitrogen and oxygen atoms in total. The normalized spacial score (nSPS) is 19.0. The molecule has 1 N–H and O–H groups in total. The van der Waals surface area contributed by atoms with Gasteiger partial charge in [0.15, 0.2) is 5.17 Å². The van der Waals surface area contributed by atoms with Crippen LogP contribution < -0.4 is 5.32 Å².